The Bertz CT molecular complexity index is 1040. The van der Waals surface area contributed by atoms with E-state index in [9.17, 15) is 57.1 Å². The van der Waals surface area contributed by atoms with E-state index < -0.39 is 69.9 Å². The minimum atomic E-state index is -5.11. The van der Waals surface area contributed by atoms with E-state index in [1.807, 2.05) is 0 Å². The van der Waals surface area contributed by atoms with E-state index >= 15 is 0 Å². The van der Waals surface area contributed by atoms with Gasteiger partial charge >= 0.3 is 53.4 Å². The normalized spacial score (nSPS) is 23.0. The zero-order chi connectivity index (χ0) is 29.3. The molecule has 0 aromatic heterocycles. The zero-order valence-electron chi connectivity index (χ0n) is 22.0. The fraction of sp³-hybridized carbons (Fsp3) is 0.714. The van der Waals surface area contributed by atoms with Crippen LogP contribution >= 0.6 is 0 Å². The molecular formula is C21H31N4NaO13S. The smallest absolute Gasteiger partial charge is 0.747 e. The molecule has 2 rings (SSSR count). The monoisotopic (exact) mass is 602 g/mol. The summed E-state index contributed by atoms with van der Waals surface area (Å²) >= 11 is 0. The first-order valence-corrected chi connectivity index (χ1v) is 13.4. The summed E-state index contributed by atoms with van der Waals surface area (Å²) in [5.74, 6) is -6.77. The Morgan fingerprint density at radius 2 is 1.05 bits per heavy atom. The van der Waals surface area contributed by atoms with Crippen molar-refractivity contribution in [2.45, 2.75) is 17.8 Å². The largest absolute Gasteiger partial charge is 1.00 e. The molecule has 40 heavy (non-hydrogen) atoms. The van der Waals surface area contributed by atoms with Crippen LogP contribution in [0.15, 0.2) is 0 Å². The van der Waals surface area contributed by atoms with E-state index in [-0.39, 0.29) is 102 Å². The van der Waals surface area contributed by atoms with E-state index in [2.05, 4.69) is 0 Å². The van der Waals surface area contributed by atoms with E-state index in [4.69, 9.17) is 4.74 Å². The molecule has 0 amide bonds. The number of ether oxygens (including phenoxy) is 1. The standard InChI is InChI=1S/C21H32N4O13S.Na/c26-14-9-15(39(35,36)37)20(34)21(14)38-19(33)13-25-7-5-23(11-17(29)30)3-1-22(10-16(27)28)2-4-24(6-8-25)12-18(31)32;/h15,21H,1-13H2,(H,27,28)(H,29,30)(H,31,32)(H,35,36,37);/q;+1/p-1. The van der Waals surface area contributed by atoms with Crippen LogP contribution in [0.1, 0.15) is 6.42 Å². The first-order chi connectivity index (χ1) is 18.1. The molecule has 2 atom stereocenters. The molecule has 19 heteroatoms. The van der Waals surface area contributed by atoms with Crippen molar-refractivity contribution in [2.75, 3.05) is 78.5 Å². The van der Waals surface area contributed by atoms with Gasteiger partial charge in [0.25, 0.3) is 0 Å². The van der Waals surface area contributed by atoms with Gasteiger partial charge in [0.1, 0.15) is 15.4 Å². The van der Waals surface area contributed by atoms with Gasteiger partial charge in [-0.3, -0.25) is 48.4 Å². The van der Waals surface area contributed by atoms with Crippen molar-refractivity contribution in [2.24, 2.45) is 0 Å². The van der Waals surface area contributed by atoms with Gasteiger partial charge in [0, 0.05) is 58.8 Å². The van der Waals surface area contributed by atoms with E-state index in [1.165, 1.54) is 14.7 Å². The maximum Gasteiger partial charge on any atom is 1.00 e. The first-order valence-electron chi connectivity index (χ1n) is 11.9. The summed E-state index contributed by atoms with van der Waals surface area (Å²) in [4.78, 5) is 76.8. The summed E-state index contributed by atoms with van der Waals surface area (Å²) < 4.78 is 38.5. The van der Waals surface area contributed by atoms with Crippen molar-refractivity contribution in [1.29, 1.82) is 0 Å². The van der Waals surface area contributed by atoms with Crippen molar-refractivity contribution in [1.82, 2.24) is 19.6 Å². The molecular weight excluding hydrogens is 571 g/mol. The molecule has 1 saturated heterocycles. The van der Waals surface area contributed by atoms with Gasteiger partial charge in [-0.15, -0.1) is 0 Å². The van der Waals surface area contributed by atoms with Gasteiger partial charge in [-0.1, -0.05) is 0 Å². The van der Waals surface area contributed by atoms with Crippen LogP contribution in [0.5, 0.6) is 0 Å². The predicted molar refractivity (Wildman–Crippen MR) is 127 cm³/mol. The first kappa shape index (κ1) is 36.0. The summed E-state index contributed by atoms with van der Waals surface area (Å²) in [5, 5.41) is 25.6. The Kier molecular flexibility index (Phi) is 14.8. The molecule has 1 aliphatic carbocycles. The molecule has 220 valence electrons. The minimum absolute atomic E-state index is 0. The third kappa shape index (κ3) is 12.2. The molecule has 0 spiro atoms. The fourth-order valence-electron chi connectivity index (χ4n) is 4.22. The summed E-state index contributed by atoms with van der Waals surface area (Å²) in [7, 11) is -5.11. The molecule has 0 aromatic rings. The third-order valence-corrected chi connectivity index (χ3v) is 7.31. The molecule has 2 fully saturated rings. The number of nitrogens with zero attached hydrogens (tertiary/aromatic N) is 4. The number of carboxylic acids is 3. The Hall–Kier alpha value is -2.03. The van der Waals surface area contributed by atoms with Crippen LogP contribution in [-0.4, -0.2) is 173 Å². The van der Waals surface area contributed by atoms with Gasteiger partial charge in [0.05, 0.1) is 26.2 Å². The SMILES string of the molecule is O=C(O)CN1CCN(CC(=O)O)CCN(CC(=O)OC2C(=O)CC(S(=O)(=O)[O-])C2=O)CCN(CC(=O)O)CC1.[Na+]. The van der Waals surface area contributed by atoms with Crippen LogP contribution in [0.3, 0.4) is 0 Å². The van der Waals surface area contributed by atoms with Crippen molar-refractivity contribution in [3.8, 4) is 0 Å². The number of Topliss-reactive ketones (excluding diaryl/α,β-unsaturated/α-hetero) is 2. The van der Waals surface area contributed by atoms with Gasteiger partial charge in [-0.25, -0.2) is 8.42 Å². The summed E-state index contributed by atoms with van der Waals surface area (Å²) in [6.45, 7) is -0.532. The molecule has 0 radical (unpaired) electrons. The Morgan fingerprint density at radius 1 is 0.725 bits per heavy atom. The molecule has 3 N–H and O–H groups in total. The molecule has 0 bridgehead atoms. The Balaban J connectivity index is 0.00000800. The van der Waals surface area contributed by atoms with Crippen LogP contribution in [0.4, 0.5) is 0 Å². The van der Waals surface area contributed by atoms with E-state index in [1.54, 1.807) is 4.90 Å². The Morgan fingerprint density at radius 3 is 1.32 bits per heavy atom. The number of hydrogen-bond acceptors (Lipinski definition) is 14. The zero-order valence-corrected chi connectivity index (χ0v) is 24.8. The average molecular weight is 603 g/mol. The topological polar surface area (TPSA) is 242 Å². The minimum Gasteiger partial charge on any atom is -0.747 e. The predicted octanol–water partition coefficient (Wildman–Crippen LogP) is -7.17. The number of carbonyl (C=O) groups is 6. The van der Waals surface area contributed by atoms with Crippen LogP contribution in [0.25, 0.3) is 0 Å². The van der Waals surface area contributed by atoms with Gasteiger partial charge in [-0.05, 0) is 0 Å². The number of hydrogen-bond donors (Lipinski definition) is 3. The van der Waals surface area contributed by atoms with Crippen molar-refractivity contribution >= 4 is 45.6 Å². The van der Waals surface area contributed by atoms with Crippen LogP contribution in [0.2, 0.25) is 0 Å². The summed E-state index contributed by atoms with van der Waals surface area (Å²) in [6.07, 6.45) is -2.91. The second-order valence-electron chi connectivity index (χ2n) is 9.21. The third-order valence-electron chi connectivity index (χ3n) is 6.21. The number of carboxylic acid groups (broad SMARTS) is 3. The van der Waals surface area contributed by atoms with Crippen LogP contribution in [-0.2, 0) is 43.6 Å². The molecule has 1 aliphatic heterocycles. The maximum atomic E-state index is 12.6. The summed E-state index contributed by atoms with van der Waals surface area (Å²) in [5.41, 5.74) is 0. The molecule has 0 aromatic carbocycles. The van der Waals surface area contributed by atoms with Gasteiger partial charge in [-0.2, -0.15) is 0 Å². The summed E-state index contributed by atoms with van der Waals surface area (Å²) in [6, 6.07) is 0. The van der Waals surface area contributed by atoms with E-state index in [0.29, 0.717) is 0 Å². The maximum absolute atomic E-state index is 12.6. The van der Waals surface area contributed by atoms with Crippen LogP contribution in [0, 0.1) is 0 Å². The number of rotatable bonds is 10. The number of aliphatic carboxylic acids is 3. The molecule has 2 aliphatic rings. The quantitative estimate of drug-likeness (QED) is 0.0910. The van der Waals surface area contributed by atoms with Crippen molar-refractivity contribution in [3.05, 3.63) is 0 Å². The van der Waals surface area contributed by atoms with E-state index in [0.717, 1.165) is 0 Å². The Labute approximate surface area is 252 Å². The van der Waals surface area contributed by atoms with Gasteiger partial charge in [0.2, 0.25) is 6.10 Å². The molecule has 1 heterocycles. The molecule has 17 nitrogen and oxygen atoms in total. The second kappa shape index (κ2) is 16.4. The molecule has 1 saturated carbocycles. The second-order valence-corrected chi connectivity index (χ2v) is 10.8. The average Bonchev–Trinajstić information content (AvgIpc) is 3.08. The van der Waals surface area contributed by atoms with Gasteiger partial charge < -0.3 is 24.6 Å². The fourth-order valence-corrected chi connectivity index (χ4v) is 5.00. The van der Waals surface area contributed by atoms with Gasteiger partial charge in [0.15, 0.2) is 11.6 Å². The molecule has 2 unspecified atom stereocenters. The number of carbonyl (C=O) groups excluding carboxylic acids is 3. The number of esters is 1. The van der Waals surface area contributed by atoms with Crippen LogP contribution < -0.4 is 29.6 Å². The van der Waals surface area contributed by atoms with Crippen molar-refractivity contribution in [3.63, 3.8) is 0 Å². The van der Waals surface area contributed by atoms with Crippen molar-refractivity contribution < 1.29 is 91.4 Å². The number of ketones is 2.